The summed E-state index contributed by atoms with van der Waals surface area (Å²) in [5.41, 5.74) is 4.84. The van der Waals surface area contributed by atoms with Crippen LogP contribution in [0.5, 0.6) is 0 Å². The second-order valence-corrected chi connectivity index (χ2v) is 7.17. The van der Waals surface area contributed by atoms with E-state index in [1.165, 1.54) is 17.3 Å². The van der Waals surface area contributed by atoms with Crippen LogP contribution in [0.3, 0.4) is 0 Å². The Labute approximate surface area is 178 Å². The van der Waals surface area contributed by atoms with Gasteiger partial charge in [0.25, 0.3) is 5.91 Å². The summed E-state index contributed by atoms with van der Waals surface area (Å²) in [5.74, 6) is -0.469. The van der Waals surface area contributed by atoms with E-state index in [2.05, 4.69) is 30.7 Å². The summed E-state index contributed by atoms with van der Waals surface area (Å²) in [5, 5.41) is 9.64. The van der Waals surface area contributed by atoms with Gasteiger partial charge in [0.15, 0.2) is 0 Å². The fraction of sp³-hybridized carbons (Fsp3) is 0.182. The van der Waals surface area contributed by atoms with Gasteiger partial charge in [-0.05, 0) is 63.2 Å². The molecule has 156 valence electrons. The molecule has 0 bridgehead atoms. The van der Waals surface area contributed by atoms with E-state index in [-0.39, 0.29) is 11.8 Å². The van der Waals surface area contributed by atoms with Crippen LogP contribution in [0.15, 0.2) is 55.1 Å². The Kier molecular flexibility index (Phi) is 5.40. The van der Waals surface area contributed by atoms with Crippen molar-refractivity contribution in [3.63, 3.8) is 0 Å². The molecule has 0 saturated heterocycles. The molecule has 2 aromatic heterocycles. The minimum absolute atomic E-state index is 0.218. The van der Waals surface area contributed by atoms with Crippen LogP contribution in [0.25, 0.3) is 11.0 Å². The van der Waals surface area contributed by atoms with Crippen molar-refractivity contribution in [1.29, 1.82) is 0 Å². The van der Waals surface area contributed by atoms with Crippen molar-refractivity contribution in [2.24, 2.45) is 0 Å². The topological polar surface area (TPSA) is 115 Å². The van der Waals surface area contributed by atoms with Crippen LogP contribution in [0, 0.1) is 13.8 Å². The third-order valence-corrected chi connectivity index (χ3v) is 4.96. The number of nitrogens with zero attached hydrogens (tertiary/aromatic N) is 5. The van der Waals surface area contributed by atoms with Gasteiger partial charge in [0.05, 0.1) is 22.4 Å². The molecule has 0 fully saturated rings. The van der Waals surface area contributed by atoms with Gasteiger partial charge in [-0.15, -0.1) is 0 Å². The molecule has 9 heteroatoms. The van der Waals surface area contributed by atoms with Crippen molar-refractivity contribution in [2.45, 2.75) is 26.8 Å². The maximum Gasteiger partial charge on any atom is 0.255 e. The average Bonchev–Trinajstić information content (AvgIpc) is 3.30. The maximum absolute atomic E-state index is 12.6. The molecule has 1 unspecified atom stereocenters. The smallest absolute Gasteiger partial charge is 0.255 e. The molecule has 4 aromatic rings. The van der Waals surface area contributed by atoms with Crippen LogP contribution in [0.1, 0.15) is 34.7 Å². The number of hydrogen-bond acceptors (Lipinski definition) is 6. The number of aromatic nitrogens is 5. The lowest BCUT2D eigenvalue weighted by molar-refractivity contribution is -0.119. The van der Waals surface area contributed by atoms with Crippen LogP contribution < -0.4 is 10.6 Å². The monoisotopic (exact) mass is 415 g/mol. The summed E-state index contributed by atoms with van der Waals surface area (Å²) in [4.78, 5) is 37.8. The lowest BCUT2D eigenvalue weighted by atomic mass is 10.1. The zero-order valence-corrected chi connectivity index (χ0v) is 17.3. The van der Waals surface area contributed by atoms with Gasteiger partial charge in [0.1, 0.15) is 18.7 Å². The van der Waals surface area contributed by atoms with E-state index in [0.29, 0.717) is 22.5 Å². The third kappa shape index (κ3) is 4.40. The van der Waals surface area contributed by atoms with E-state index in [4.69, 9.17) is 0 Å². The summed E-state index contributed by atoms with van der Waals surface area (Å²) in [7, 11) is 0. The summed E-state index contributed by atoms with van der Waals surface area (Å²) < 4.78 is 1.47. The highest BCUT2D eigenvalue weighted by molar-refractivity contribution is 6.06. The van der Waals surface area contributed by atoms with Crippen LogP contribution in [-0.4, -0.2) is 36.5 Å². The zero-order chi connectivity index (χ0) is 22.0. The maximum atomic E-state index is 12.6. The van der Waals surface area contributed by atoms with Crippen molar-refractivity contribution in [2.75, 3.05) is 10.6 Å². The van der Waals surface area contributed by atoms with E-state index < -0.39 is 6.04 Å². The highest BCUT2D eigenvalue weighted by atomic mass is 16.2. The summed E-state index contributed by atoms with van der Waals surface area (Å²) in [6.07, 6.45) is 2.87. The highest BCUT2D eigenvalue weighted by Crippen LogP contribution is 2.18. The molecule has 0 saturated carbocycles. The first kappa shape index (κ1) is 20.1. The van der Waals surface area contributed by atoms with Gasteiger partial charge in [0, 0.05) is 16.9 Å². The molecule has 2 amide bonds. The first-order valence-corrected chi connectivity index (χ1v) is 9.72. The largest absolute Gasteiger partial charge is 0.324 e. The van der Waals surface area contributed by atoms with Gasteiger partial charge in [-0.25, -0.2) is 19.6 Å². The molecule has 0 aliphatic carbocycles. The average molecular weight is 415 g/mol. The fourth-order valence-corrected chi connectivity index (χ4v) is 3.00. The van der Waals surface area contributed by atoms with E-state index in [1.807, 2.05) is 13.8 Å². The Morgan fingerprint density at radius 2 is 1.55 bits per heavy atom. The Hall–Kier alpha value is -4.14. The van der Waals surface area contributed by atoms with Crippen LogP contribution in [-0.2, 0) is 4.79 Å². The van der Waals surface area contributed by atoms with E-state index >= 15 is 0 Å². The van der Waals surface area contributed by atoms with E-state index in [1.54, 1.807) is 49.4 Å². The standard InChI is InChI=1S/C22H21N7O2/c1-13-14(2)26-20-10-16(4-9-19(20)25-13)22(31)28-18-7-5-17(6-8-18)27-21(30)15(3)29-12-23-11-24-29/h4-12,15H,1-3H3,(H,27,30)(H,28,31). The van der Waals surface area contributed by atoms with Crippen molar-refractivity contribution in [3.05, 3.63) is 72.1 Å². The van der Waals surface area contributed by atoms with Gasteiger partial charge in [0.2, 0.25) is 5.91 Å². The summed E-state index contributed by atoms with van der Waals surface area (Å²) in [6, 6.07) is 11.6. The van der Waals surface area contributed by atoms with E-state index in [0.717, 1.165) is 16.9 Å². The minimum atomic E-state index is -0.495. The number of hydrogen-bond donors (Lipinski definition) is 2. The van der Waals surface area contributed by atoms with Crippen molar-refractivity contribution >= 4 is 34.2 Å². The summed E-state index contributed by atoms with van der Waals surface area (Å²) in [6.45, 7) is 5.53. The fourth-order valence-electron chi connectivity index (χ4n) is 3.00. The number of benzene rings is 2. The highest BCUT2D eigenvalue weighted by Gasteiger charge is 2.15. The number of carbonyl (C=O) groups is 2. The number of amides is 2. The molecule has 0 aliphatic rings. The molecule has 2 heterocycles. The lowest BCUT2D eigenvalue weighted by Gasteiger charge is -2.12. The third-order valence-electron chi connectivity index (χ3n) is 4.96. The van der Waals surface area contributed by atoms with E-state index in [9.17, 15) is 9.59 Å². The quantitative estimate of drug-likeness (QED) is 0.517. The predicted octanol–water partition coefficient (Wildman–Crippen LogP) is 3.29. The minimum Gasteiger partial charge on any atom is -0.324 e. The van der Waals surface area contributed by atoms with Gasteiger partial charge < -0.3 is 10.6 Å². The number of nitrogens with one attached hydrogen (secondary N) is 2. The number of anilines is 2. The van der Waals surface area contributed by atoms with Crippen LogP contribution in [0.2, 0.25) is 0 Å². The van der Waals surface area contributed by atoms with Gasteiger partial charge in [-0.3, -0.25) is 9.59 Å². The Morgan fingerprint density at radius 1 is 0.903 bits per heavy atom. The second kappa shape index (κ2) is 8.31. The van der Waals surface area contributed by atoms with Crippen molar-refractivity contribution < 1.29 is 9.59 Å². The molecule has 1 atom stereocenters. The van der Waals surface area contributed by atoms with Gasteiger partial charge in [-0.2, -0.15) is 5.10 Å². The molecule has 0 spiro atoms. The molecular formula is C22H21N7O2. The van der Waals surface area contributed by atoms with Gasteiger partial charge in [-0.1, -0.05) is 0 Å². The molecule has 31 heavy (non-hydrogen) atoms. The molecule has 4 rings (SSSR count). The molecule has 9 nitrogen and oxygen atoms in total. The number of aryl methyl sites for hydroxylation is 2. The molecular weight excluding hydrogens is 394 g/mol. The Bertz CT molecular complexity index is 1250. The first-order valence-electron chi connectivity index (χ1n) is 9.72. The van der Waals surface area contributed by atoms with Crippen LogP contribution >= 0.6 is 0 Å². The Morgan fingerprint density at radius 3 is 2.19 bits per heavy atom. The summed E-state index contributed by atoms with van der Waals surface area (Å²) >= 11 is 0. The Balaban J connectivity index is 1.42. The number of rotatable bonds is 5. The van der Waals surface area contributed by atoms with Gasteiger partial charge >= 0.3 is 0 Å². The van der Waals surface area contributed by atoms with Crippen molar-refractivity contribution in [3.8, 4) is 0 Å². The zero-order valence-electron chi connectivity index (χ0n) is 17.3. The molecule has 0 aliphatic heterocycles. The second-order valence-electron chi connectivity index (χ2n) is 7.17. The number of fused-ring (bicyclic) bond motifs is 1. The normalized spacial score (nSPS) is 11.8. The van der Waals surface area contributed by atoms with Crippen LogP contribution in [0.4, 0.5) is 11.4 Å². The lowest BCUT2D eigenvalue weighted by Crippen LogP contribution is -2.24. The number of carbonyl (C=O) groups excluding carboxylic acids is 2. The molecule has 2 N–H and O–H groups in total. The SMILES string of the molecule is Cc1nc2ccc(C(=O)Nc3ccc(NC(=O)C(C)n4cncn4)cc3)cc2nc1C. The molecule has 2 aromatic carbocycles. The van der Waals surface area contributed by atoms with Crippen molar-refractivity contribution in [1.82, 2.24) is 24.7 Å². The predicted molar refractivity (Wildman–Crippen MR) is 117 cm³/mol. The first-order chi connectivity index (χ1) is 14.9. The molecule has 0 radical (unpaired) electrons.